The van der Waals surface area contributed by atoms with Gasteiger partial charge in [-0.3, -0.25) is 14.4 Å². The van der Waals surface area contributed by atoms with E-state index < -0.39 is 0 Å². The lowest BCUT2D eigenvalue weighted by Crippen LogP contribution is -2.38. The molecule has 0 aromatic heterocycles. The van der Waals surface area contributed by atoms with Gasteiger partial charge in [-0.25, -0.2) is 0 Å². The Kier molecular flexibility index (Phi) is 7.56. The number of hydrogen-bond donors (Lipinski definition) is 2. The molecule has 2 N–H and O–H groups in total. The van der Waals surface area contributed by atoms with Gasteiger partial charge in [-0.05, 0) is 42.3 Å². The lowest BCUT2D eigenvalue weighted by atomic mass is 10.1. The molecular weight excluding hydrogens is 358 g/mol. The molecule has 28 heavy (non-hydrogen) atoms. The summed E-state index contributed by atoms with van der Waals surface area (Å²) in [6, 6.07) is 14.4. The van der Waals surface area contributed by atoms with Crippen LogP contribution in [-0.4, -0.2) is 42.8 Å². The van der Waals surface area contributed by atoms with E-state index in [1.54, 1.807) is 31.4 Å². The zero-order valence-electron chi connectivity index (χ0n) is 16.3. The molecule has 0 atom stereocenters. The molecule has 2 aromatic carbocycles. The van der Waals surface area contributed by atoms with Gasteiger partial charge in [0.25, 0.3) is 0 Å². The number of ether oxygens (including phenoxy) is 1. The van der Waals surface area contributed by atoms with E-state index in [-0.39, 0.29) is 24.3 Å². The molecule has 0 aliphatic rings. The Morgan fingerprint density at radius 1 is 0.964 bits per heavy atom. The largest absolute Gasteiger partial charge is 0.497 e. The van der Waals surface area contributed by atoms with Gasteiger partial charge < -0.3 is 20.3 Å². The molecule has 0 saturated heterocycles. The molecule has 148 valence electrons. The summed E-state index contributed by atoms with van der Waals surface area (Å²) in [5.74, 6) is 0.0818. The SMILES string of the molecule is COc1cccc(CCN(CC(=O)Nc2cccc(NC(C)=O)c2)C(C)=O)c1. The second kappa shape index (κ2) is 10.1. The van der Waals surface area contributed by atoms with Crippen LogP contribution in [0.15, 0.2) is 48.5 Å². The van der Waals surface area contributed by atoms with Crippen LogP contribution in [0.3, 0.4) is 0 Å². The van der Waals surface area contributed by atoms with E-state index in [1.165, 1.54) is 18.7 Å². The summed E-state index contributed by atoms with van der Waals surface area (Å²) < 4.78 is 5.20. The third-order valence-electron chi connectivity index (χ3n) is 4.05. The number of carbonyl (C=O) groups is 3. The summed E-state index contributed by atoms with van der Waals surface area (Å²) in [5, 5.41) is 5.41. The van der Waals surface area contributed by atoms with Gasteiger partial charge in [0.2, 0.25) is 17.7 Å². The second-order valence-electron chi connectivity index (χ2n) is 6.35. The van der Waals surface area contributed by atoms with Crippen molar-refractivity contribution < 1.29 is 19.1 Å². The minimum atomic E-state index is -0.305. The van der Waals surface area contributed by atoms with Gasteiger partial charge in [0.05, 0.1) is 13.7 Å². The van der Waals surface area contributed by atoms with Crippen molar-refractivity contribution in [1.82, 2.24) is 4.90 Å². The summed E-state index contributed by atoms with van der Waals surface area (Å²) in [5.41, 5.74) is 2.16. The molecule has 3 amide bonds. The normalized spacial score (nSPS) is 10.1. The monoisotopic (exact) mass is 383 g/mol. The molecule has 0 unspecified atom stereocenters. The summed E-state index contributed by atoms with van der Waals surface area (Å²) in [6.45, 7) is 3.22. The van der Waals surface area contributed by atoms with E-state index in [2.05, 4.69) is 10.6 Å². The van der Waals surface area contributed by atoms with Crippen LogP contribution >= 0.6 is 0 Å². The van der Waals surface area contributed by atoms with Gasteiger partial charge in [0.1, 0.15) is 5.75 Å². The summed E-state index contributed by atoms with van der Waals surface area (Å²) >= 11 is 0. The number of hydrogen-bond acceptors (Lipinski definition) is 4. The summed E-state index contributed by atoms with van der Waals surface area (Å²) in [7, 11) is 1.60. The number of rotatable bonds is 8. The topological polar surface area (TPSA) is 87.7 Å². The van der Waals surface area contributed by atoms with Crippen LogP contribution in [0, 0.1) is 0 Å². The molecule has 0 bridgehead atoms. The maximum atomic E-state index is 12.4. The highest BCUT2D eigenvalue weighted by Crippen LogP contribution is 2.16. The molecule has 0 spiro atoms. The van der Waals surface area contributed by atoms with Crippen LogP contribution in [0.4, 0.5) is 11.4 Å². The average molecular weight is 383 g/mol. The Morgan fingerprint density at radius 2 is 1.64 bits per heavy atom. The Labute approximate surface area is 164 Å². The van der Waals surface area contributed by atoms with Crippen LogP contribution in [0.2, 0.25) is 0 Å². The van der Waals surface area contributed by atoms with Crippen LogP contribution < -0.4 is 15.4 Å². The fraction of sp³-hybridized carbons (Fsp3) is 0.286. The predicted octanol–water partition coefficient (Wildman–Crippen LogP) is 2.68. The van der Waals surface area contributed by atoms with Gasteiger partial charge in [-0.15, -0.1) is 0 Å². The molecular formula is C21H25N3O4. The standard InChI is InChI=1S/C21H25N3O4/c1-15(25)22-18-7-5-8-19(13-18)23-21(27)14-24(16(2)26)11-10-17-6-4-9-20(12-17)28-3/h4-9,12-13H,10-11,14H2,1-3H3,(H,22,25)(H,23,27). The highest BCUT2D eigenvalue weighted by molar-refractivity contribution is 5.95. The Hall–Kier alpha value is -3.35. The molecule has 7 nitrogen and oxygen atoms in total. The van der Waals surface area contributed by atoms with Gasteiger partial charge in [0.15, 0.2) is 0 Å². The van der Waals surface area contributed by atoms with E-state index in [9.17, 15) is 14.4 Å². The molecule has 2 rings (SSSR count). The van der Waals surface area contributed by atoms with Gasteiger partial charge in [-0.2, -0.15) is 0 Å². The number of methoxy groups -OCH3 is 1. The molecule has 0 fully saturated rings. The molecule has 0 aliphatic carbocycles. The first-order valence-corrected chi connectivity index (χ1v) is 8.93. The third kappa shape index (κ3) is 6.75. The van der Waals surface area contributed by atoms with Crippen molar-refractivity contribution in [3.63, 3.8) is 0 Å². The van der Waals surface area contributed by atoms with Crippen LogP contribution in [0.25, 0.3) is 0 Å². The molecule has 0 saturated carbocycles. The van der Waals surface area contributed by atoms with E-state index in [4.69, 9.17) is 4.74 Å². The van der Waals surface area contributed by atoms with Crippen molar-refractivity contribution in [3.05, 3.63) is 54.1 Å². The van der Waals surface area contributed by atoms with Crippen LogP contribution in [-0.2, 0) is 20.8 Å². The number of carbonyl (C=O) groups excluding carboxylic acids is 3. The number of nitrogens with one attached hydrogen (secondary N) is 2. The van der Waals surface area contributed by atoms with E-state index in [1.807, 2.05) is 24.3 Å². The Bertz CT molecular complexity index is 851. The first-order valence-electron chi connectivity index (χ1n) is 8.93. The minimum absolute atomic E-state index is 0.0519. The average Bonchev–Trinajstić information content (AvgIpc) is 2.64. The molecule has 2 aromatic rings. The van der Waals surface area contributed by atoms with E-state index >= 15 is 0 Å². The smallest absolute Gasteiger partial charge is 0.243 e. The van der Waals surface area contributed by atoms with Crippen molar-refractivity contribution in [2.24, 2.45) is 0 Å². The van der Waals surface area contributed by atoms with Crippen molar-refractivity contribution in [3.8, 4) is 5.75 Å². The summed E-state index contributed by atoms with van der Waals surface area (Å²) in [4.78, 5) is 36.9. The fourth-order valence-corrected chi connectivity index (χ4v) is 2.69. The molecule has 0 heterocycles. The highest BCUT2D eigenvalue weighted by atomic mass is 16.5. The second-order valence-corrected chi connectivity index (χ2v) is 6.35. The number of amides is 3. The van der Waals surface area contributed by atoms with Crippen molar-refractivity contribution in [2.75, 3.05) is 30.8 Å². The maximum Gasteiger partial charge on any atom is 0.243 e. The van der Waals surface area contributed by atoms with Crippen LogP contribution in [0.5, 0.6) is 5.75 Å². The van der Waals surface area contributed by atoms with Gasteiger partial charge in [-0.1, -0.05) is 18.2 Å². The maximum absolute atomic E-state index is 12.4. The van der Waals surface area contributed by atoms with Gasteiger partial charge in [0, 0.05) is 31.8 Å². The third-order valence-corrected chi connectivity index (χ3v) is 4.05. The summed E-state index contributed by atoms with van der Waals surface area (Å²) in [6.07, 6.45) is 0.613. The highest BCUT2D eigenvalue weighted by Gasteiger charge is 2.14. The molecule has 0 aliphatic heterocycles. The fourth-order valence-electron chi connectivity index (χ4n) is 2.69. The van der Waals surface area contributed by atoms with E-state index in [0.29, 0.717) is 24.3 Å². The lowest BCUT2D eigenvalue weighted by molar-refractivity contribution is -0.132. The van der Waals surface area contributed by atoms with Crippen molar-refractivity contribution in [2.45, 2.75) is 20.3 Å². The molecule has 0 radical (unpaired) electrons. The van der Waals surface area contributed by atoms with Crippen molar-refractivity contribution >= 4 is 29.1 Å². The lowest BCUT2D eigenvalue weighted by Gasteiger charge is -2.21. The van der Waals surface area contributed by atoms with E-state index in [0.717, 1.165) is 11.3 Å². The molecule has 7 heteroatoms. The Balaban J connectivity index is 1.95. The number of anilines is 2. The number of benzene rings is 2. The predicted molar refractivity (Wildman–Crippen MR) is 108 cm³/mol. The first-order chi connectivity index (χ1) is 13.4. The van der Waals surface area contributed by atoms with Gasteiger partial charge >= 0.3 is 0 Å². The number of nitrogens with zero attached hydrogens (tertiary/aromatic N) is 1. The minimum Gasteiger partial charge on any atom is -0.497 e. The zero-order chi connectivity index (χ0) is 20.5. The quantitative estimate of drug-likeness (QED) is 0.734. The zero-order valence-corrected chi connectivity index (χ0v) is 16.3. The first kappa shape index (κ1) is 21.0. The van der Waals surface area contributed by atoms with Crippen LogP contribution in [0.1, 0.15) is 19.4 Å². The van der Waals surface area contributed by atoms with Crippen molar-refractivity contribution in [1.29, 1.82) is 0 Å². The Morgan fingerprint density at radius 3 is 2.29 bits per heavy atom.